The number of anilines is 3. The molecule has 1 nitrogen and oxygen atoms in total. The van der Waals surface area contributed by atoms with Gasteiger partial charge in [-0.2, -0.15) is 0 Å². The normalized spacial score (nSPS) is 13.9. The molecular weight excluding hydrogens is 855 g/mol. The predicted molar refractivity (Wildman–Crippen MR) is 303 cm³/mol. The summed E-state index contributed by atoms with van der Waals surface area (Å²) in [5.74, 6) is 0. The molecule has 1 heteroatoms. The number of fused-ring (bicyclic) bond motifs is 12. The Bertz CT molecular complexity index is 4060. The smallest absolute Gasteiger partial charge is 0.0540 e. The first-order valence-electron chi connectivity index (χ1n) is 25.1. The maximum absolute atomic E-state index is 2.53. The average molecular weight is 906 g/mol. The Kier molecular flexibility index (Phi) is 9.05. The van der Waals surface area contributed by atoms with Crippen LogP contribution in [0.25, 0.3) is 98.7 Å². The van der Waals surface area contributed by atoms with Crippen molar-refractivity contribution in [2.75, 3.05) is 4.90 Å². The number of hydrogen-bond donors (Lipinski definition) is 0. The van der Waals surface area contributed by atoms with E-state index in [1.165, 1.54) is 121 Å². The fraction of sp³-hybridized carbons (Fsp3) is 0.0857. The largest absolute Gasteiger partial charge is 0.310 e. The minimum atomic E-state index is -0.143. The van der Waals surface area contributed by atoms with Gasteiger partial charge in [-0.15, -0.1) is 0 Å². The SMILES string of the molecule is CC1(C)c2ccccc2-c2ccc(N(c3ccc4c(c3)C(C)(C)c3ccccc3-4)c3ccc(-c4cc5c6ccccc6c(-c6cccc(-c7ccccc7)c6)cc5c5ccccc45)c4ccccc34)cc21. The lowest BCUT2D eigenvalue weighted by atomic mass is 9.82. The first kappa shape index (κ1) is 41.5. The molecule has 0 heterocycles. The van der Waals surface area contributed by atoms with Crippen LogP contribution in [0.1, 0.15) is 49.9 Å². The highest BCUT2D eigenvalue weighted by molar-refractivity contribution is 6.25. The van der Waals surface area contributed by atoms with Gasteiger partial charge in [0.05, 0.1) is 5.69 Å². The molecule has 2 aliphatic carbocycles. The Morgan fingerprint density at radius 1 is 0.239 bits per heavy atom. The molecule has 2 aliphatic rings. The van der Waals surface area contributed by atoms with Crippen LogP contribution < -0.4 is 4.90 Å². The van der Waals surface area contributed by atoms with E-state index in [1.54, 1.807) is 0 Å². The standard InChI is InChI=1S/C70H51N/c1-69(2)64-31-16-14-28-55(64)57-35-33-47(40-66(57)69)71(48-34-36-58-56-29-15-17-32-65(56)70(3,4)67(58)41-48)68-38-37-54(49-23-12-13-30-59(49)68)61-43-63-51-25-9-8-24-50(51)60(42-62(63)53-27-11-10-26-52(53)61)46-22-18-21-45(39-46)44-19-6-5-7-20-44/h5-43H,1-4H3. The molecular formula is C70H51N. The van der Waals surface area contributed by atoms with E-state index in [4.69, 9.17) is 0 Å². The molecule has 12 aromatic rings. The van der Waals surface area contributed by atoms with E-state index >= 15 is 0 Å². The Balaban J connectivity index is 0.981. The van der Waals surface area contributed by atoms with Gasteiger partial charge in [-0.3, -0.25) is 0 Å². The van der Waals surface area contributed by atoms with Crippen LogP contribution in [0.3, 0.4) is 0 Å². The molecule has 0 bridgehead atoms. The van der Waals surface area contributed by atoms with Gasteiger partial charge in [0.15, 0.2) is 0 Å². The number of rotatable bonds is 6. The van der Waals surface area contributed by atoms with E-state index in [0.29, 0.717) is 0 Å². The summed E-state index contributed by atoms with van der Waals surface area (Å²) < 4.78 is 0. The van der Waals surface area contributed by atoms with Crippen molar-refractivity contribution in [1.29, 1.82) is 0 Å². The third-order valence-electron chi connectivity index (χ3n) is 16.2. The van der Waals surface area contributed by atoms with Gasteiger partial charge in [0.25, 0.3) is 0 Å². The van der Waals surface area contributed by atoms with Crippen LogP contribution in [0.15, 0.2) is 237 Å². The molecule has 0 spiro atoms. The molecule has 0 fully saturated rings. The zero-order valence-electron chi connectivity index (χ0n) is 40.5. The number of hydrogen-bond acceptors (Lipinski definition) is 1. The van der Waals surface area contributed by atoms with Crippen LogP contribution in [0.4, 0.5) is 17.1 Å². The third-order valence-corrected chi connectivity index (χ3v) is 16.2. The minimum absolute atomic E-state index is 0.143. The minimum Gasteiger partial charge on any atom is -0.310 e. The van der Waals surface area contributed by atoms with E-state index in [-0.39, 0.29) is 10.8 Å². The van der Waals surface area contributed by atoms with Gasteiger partial charge >= 0.3 is 0 Å². The van der Waals surface area contributed by atoms with E-state index in [9.17, 15) is 0 Å². The lowest BCUT2D eigenvalue weighted by Crippen LogP contribution is -2.18. The molecule has 0 saturated carbocycles. The molecule has 12 aromatic carbocycles. The number of nitrogens with zero attached hydrogens (tertiary/aromatic N) is 1. The molecule has 0 atom stereocenters. The third kappa shape index (κ3) is 6.19. The van der Waals surface area contributed by atoms with Gasteiger partial charge in [0.2, 0.25) is 0 Å². The molecule has 0 amide bonds. The van der Waals surface area contributed by atoms with E-state index in [2.05, 4.69) is 269 Å². The highest BCUT2D eigenvalue weighted by Crippen LogP contribution is 2.54. The summed E-state index contributed by atoms with van der Waals surface area (Å²) in [7, 11) is 0. The molecule has 0 unspecified atom stereocenters. The summed E-state index contributed by atoms with van der Waals surface area (Å²) in [4.78, 5) is 2.53. The van der Waals surface area contributed by atoms with Crippen LogP contribution >= 0.6 is 0 Å². The van der Waals surface area contributed by atoms with Crippen molar-refractivity contribution in [3.05, 3.63) is 259 Å². The van der Waals surface area contributed by atoms with Crippen LogP contribution in [0.5, 0.6) is 0 Å². The summed E-state index contributed by atoms with van der Waals surface area (Å²) in [5.41, 5.74) is 21.4. The molecule has 0 aromatic heterocycles. The Labute approximate surface area is 415 Å². The highest BCUT2D eigenvalue weighted by atomic mass is 15.1. The molecule has 0 N–H and O–H groups in total. The van der Waals surface area contributed by atoms with Gasteiger partial charge in [0.1, 0.15) is 0 Å². The van der Waals surface area contributed by atoms with Crippen molar-refractivity contribution in [3.8, 4) is 55.6 Å². The maximum Gasteiger partial charge on any atom is 0.0540 e. The predicted octanol–water partition coefficient (Wildman–Crippen LogP) is 19.4. The summed E-state index contributed by atoms with van der Waals surface area (Å²) in [6.07, 6.45) is 0. The van der Waals surface area contributed by atoms with Gasteiger partial charge in [-0.25, -0.2) is 0 Å². The Hall–Kier alpha value is -8.52. The summed E-state index contributed by atoms with van der Waals surface area (Å²) >= 11 is 0. The molecule has 14 rings (SSSR count). The van der Waals surface area contributed by atoms with Gasteiger partial charge in [-0.1, -0.05) is 216 Å². The lowest BCUT2D eigenvalue weighted by Gasteiger charge is -2.31. The van der Waals surface area contributed by atoms with Crippen LogP contribution in [-0.4, -0.2) is 0 Å². The Morgan fingerprint density at radius 3 is 1.25 bits per heavy atom. The first-order valence-corrected chi connectivity index (χ1v) is 25.1. The van der Waals surface area contributed by atoms with E-state index < -0.39 is 0 Å². The average Bonchev–Trinajstić information content (AvgIpc) is 3.80. The van der Waals surface area contributed by atoms with E-state index in [0.717, 1.165) is 17.1 Å². The zero-order chi connectivity index (χ0) is 47.6. The first-order chi connectivity index (χ1) is 34.7. The van der Waals surface area contributed by atoms with Crippen molar-refractivity contribution in [2.45, 2.75) is 38.5 Å². The summed E-state index contributed by atoms with van der Waals surface area (Å²) in [5, 5.41) is 9.96. The van der Waals surface area contributed by atoms with Crippen LogP contribution in [-0.2, 0) is 10.8 Å². The molecule has 0 radical (unpaired) electrons. The molecule has 336 valence electrons. The van der Waals surface area contributed by atoms with Crippen molar-refractivity contribution < 1.29 is 0 Å². The topological polar surface area (TPSA) is 3.24 Å². The second kappa shape index (κ2) is 15.5. The molecule has 0 aliphatic heterocycles. The van der Waals surface area contributed by atoms with Gasteiger partial charge in [0, 0.05) is 27.6 Å². The quantitative estimate of drug-likeness (QED) is 0.150. The zero-order valence-corrected chi connectivity index (χ0v) is 40.5. The second-order valence-corrected chi connectivity index (χ2v) is 20.8. The van der Waals surface area contributed by atoms with E-state index in [1.807, 2.05) is 0 Å². The maximum atomic E-state index is 2.53. The fourth-order valence-corrected chi connectivity index (χ4v) is 12.7. The molecule has 0 saturated heterocycles. The van der Waals surface area contributed by atoms with Crippen molar-refractivity contribution in [3.63, 3.8) is 0 Å². The highest BCUT2D eigenvalue weighted by Gasteiger charge is 2.38. The summed E-state index contributed by atoms with van der Waals surface area (Å²) in [6.45, 7) is 9.53. The van der Waals surface area contributed by atoms with Crippen molar-refractivity contribution in [2.24, 2.45) is 0 Å². The van der Waals surface area contributed by atoms with Crippen molar-refractivity contribution >= 4 is 60.2 Å². The van der Waals surface area contributed by atoms with Crippen molar-refractivity contribution in [1.82, 2.24) is 0 Å². The Morgan fingerprint density at radius 2 is 0.662 bits per heavy atom. The fourth-order valence-electron chi connectivity index (χ4n) is 12.7. The van der Waals surface area contributed by atoms with Gasteiger partial charge < -0.3 is 4.90 Å². The van der Waals surface area contributed by atoms with Gasteiger partial charge in [-0.05, 0) is 164 Å². The second-order valence-electron chi connectivity index (χ2n) is 20.8. The monoisotopic (exact) mass is 905 g/mol. The lowest BCUT2D eigenvalue weighted by molar-refractivity contribution is 0.660. The summed E-state index contributed by atoms with van der Waals surface area (Å²) in [6, 6.07) is 88.8. The molecule has 71 heavy (non-hydrogen) atoms. The van der Waals surface area contributed by atoms with Crippen LogP contribution in [0.2, 0.25) is 0 Å². The number of benzene rings is 12. The van der Waals surface area contributed by atoms with Crippen LogP contribution in [0, 0.1) is 0 Å².